The molecule has 0 spiro atoms. The van der Waals surface area contributed by atoms with Gasteiger partial charge in [0.15, 0.2) is 0 Å². The van der Waals surface area contributed by atoms with Gasteiger partial charge in [0.2, 0.25) is 0 Å². The molecule has 1 heterocycles. The third-order valence-electron chi connectivity index (χ3n) is 4.62. The van der Waals surface area contributed by atoms with Gasteiger partial charge >= 0.3 is 0 Å². The van der Waals surface area contributed by atoms with Crippen LogP contribution in [0.4, 0.5) is 0 Å². The third kappa shape index (κ3) is 3.62. The summed E-state index contributed by atoms with van der Waals surface area (Å²) < 4.78 is 5.48. The maximum Gasteiger partial charge on any atom is 0.295 e. The first kappa shape index (κ1) is 20.0. The van der Waals surface area contributed by atoms with Crippen molar-refractivity contribution in [2.24, 2.45) is 0 Å². The lowest BCUT2D eigenvalue weighted by Crippen LogP contribution is -2.30. The second-order valence-electron chi connectivity index (χ2n) is 6.48. The topological polar surface area (TPSA) is 66.8 Å². The van der Waals surface area contributed by atoms with Gasteiger partial charge in [-0.3, -0.25) is 9.59 Å². The molecule has 2 aromatic carbocycles. The van der Waals surface area contributed by atoms with E-state index in [1.54, 1.807) is 18.2 Å². The van der Waals surface area contributed by atoms with E-state index in [2.05, 4.69) is 0 Å². The molecule has 1 aliphatic rings. The van der Waals surface area contributed by atoms with Gasteiger partial charge in [-0.05, 0) is 37.1 Å². The second kappa shape index (κ2) is 8.48. The Bertz CT molecular complexity index is 923. The summed E-state index contributed by atoms with van der Waals surface area (Å²) in [5, 5.41) is 11.4. The lowest BCUT2D eigenvalue weighted by atomic mass is 9.95. The summed E-state index contributed by atoms with van der Waals surface area (Å²) in [6.07, 6.45) is 0.700. The van der Waals surface area contributed by atoms with E-state index < -0.39 is 17.7 Å². The van der Waals surface area contributed by atoms with Crippen LogP contribution in [-0.4, -0.2) is 34.8 Å². The van der Waals surface area contributed by atoms with E-state index in [1.807, 2.05) is 44.2 Å². The zero-order valence-electron chi connectivity index (χ0n) is 15.8. The number of amides is 1. The van der Waals surface area contributed by atoms with Gasteiger partial charge in [0.1, 0.15) is 11.5 Å². The van der Waals surface area contributed by atoms with Crippen LogP contribution in [0.15, 0.2) is 54.1 Å². The summed E-state index contributed by atoms with van der Waals surface area (Å²) in [4.78, 5) is 27.0. The van der Waals surface area contributed by atoms with E-state index in [9.17, 15) is 14.7 Å². The lowest BCUT2D eigenvalue weighted by Gasteiger charge is -2.24. The van der Waals surface area contributed by atoms with Crippen LogP contribution in [0.1, 0.15) is 37.4 Å². The number of halogens is 1. The number of likely N-dealkylation sites (tertiary alicyclic amines) is 1. The Morgan fingerprint density at radius 2 is 1.86 bits per heavy atom. The molecule has 1 amide bonds. The molecule has 28 heavy (non-hydrogen) atoms. The van der Waals surface area contributed by atoms with E-state index in [0.717, 1.165) is 5.56 Å². The molecule has 0 saturated carbocycles. The Hall–Kier alpha value is -2.79. The number of carbonyl (C=O) groups excluding carboxylic acids is 2. The van der Waals surface area contributed by atoms with Gasteiger partial charge in [0.05, 0.1) is 23.2 Å². The number of aliphatic hydroxyl groups excluding tert-OH is 1. The average molecular weight is 400 g/mol. The van der Waals surface area contributed by atoms with Crippen molar-refractivity contribution in [3.63, 3.8) is 0 Å². The quantitative estimate of drug-likeness (QED) is 0.439. The molecule has 1 fully saturated rings. The molecule has 5 nitrogen and oxygen atoms in total. The number of aliphatic hydroxyl groups is 1. The molecule has 2 aromatic rings. The number of ketones is 1. The molecule has 0 aliphatic carbocycles. The number of hydrogen-bond donors (Lipinski definition) is 1. The molecular weight excluding hydrogens is 378 g/mol. The predicted molar refractivity (Wildman–Crippen MR) is 108 cm³/mol. The SMILES string of the molecule is CCCN1C(=O)C(=O)/C(=C(\O)c2ccc(Cl)c(OCC)c2)C1c1ccccc1. The van der Waals surface area contributed by atoms with Crippen LogP contribution in [-0.2, 0) is 9.59 Å². The van der Waals surface area contributed by atoms with Crippen molar-refractivity contribution in [2.75, 3.05) is 13.2 Å². The number of nitrogens with zero attached hydrogens (tertiary/aromatic N) is 1. The average Bonchev–Trinajstić information content (AvgIpc) is 2.95. The number of benzene rings is 2. The Balaban J connectivity index is 2.17. The minimum Gasteiger partial charge on any atom is -0.507 e. The fourth-order valence-electron chi connectivity index (χ4n) is 3.41. The highest BCUT2D eigenvalue weighted by atomic mass is 35.5. The van der Waals surface area contributed by atoms with Gasteiger partial charge in [-0.25, -0.2) is 0 Å². The molecule has 1 saturated heterocycles. The van der Waals surface area contributed by atoms with Crippen LogP contribution >= 0.6 is 11.6 Å². The lowest BCUT2D eigenvalue weighted by molar-refractivity contribution is -0.139. The Morgan fingerprint density at radius 1 is 1.14 bits per heavy atom. The van der Waals surface area contributed by atoms with Crippen LogP contribution < -0.4 is 4.74 Å². The molecule has 0 bridgehead atoms. The standard InChI is InChI=1S/C22H22ClNO4/c1-3-12-24-19(14-8-6-5-7-9-14)18(21(26)22(24)27)20(25)15-10-11-16(23)17(13-15)28-4-2/h5-11,13,19,25H,3-4,12H2,1-2H3/b20-18-. The van der Waals surface area contributed by atoms with Crippen molar-refractivity contribution in [1.29, 1.82) is 0 Å². The Kier molecular flexibility index (Phi) is 6.05. The summed E-state index contributed by atoms with van der Waals surface area (Å²) in [5.74, 6) is -1.11. The molecule has 146 valence electrons. The molecule has 0 aromatic heterocycles. The van der Waals surface area contributed by atoms with E-state index in [1.165, 1.54) is 4.90 Å². The van der Waals surface area contributed by atoms with Gasteiger partial charge in [-0.1, -0.05) is 48.9 Å². The summed E-state index contributed by atoms with van der Waals surface area (Å²) >= 11 is 6.13. The van der Waals surface area contributed by atoms with Gasteiger partial charge < -0.3 is 14.7 Å². The molecular formula is C22H22ClNO4. The van der Waals surface area contributed by atoms with E-state index in [4.69, 9.17) is 16.3 Å². The number of Topliss-reactive ketones (excluding diaryl/α,β-unsaturated/α-hetero) is 1. The van der Waals surface area contributed by atoms with Crippen molar-refractivity contribution in [1.82, 2.24) is 4.90 Å². The summed E-state index contributed by atoms with van der Waals surface area (Å²) in [5.41, 5.74) is 1.23. The van der Waals surface area contributed by atoms with Crippen molar-refractivity contribution < 1.29 is 19.4 Å². The van der Waals surface area contributed by atoms with E-state index in [-0.39, 0.29) is 11.3 Å². The Morgan fingerprint density at radius 3 is 2.50 bits per heavy atom. The highest BCUT2D eigenvalue weighted by Gasteiger charge is 2.45. The van der Waals surface area contributed by atoms with E-state index >= 15 is 0 Å². The number of ether oxygens (including phenoxy) is 1. The first-order valence-electron chi connectivity index (χ1n) is 9.25. The van der Waals surface area contributed by atoms with Gasteiger partial charge in [0.25, 0.3) is 11.7 Å². The summed E-state index contributed by atoms with van der Waals surface area (Å²) in [7, 11) is 0. The van der Waals surface area contributed by atoms with Crippen LogP contribution in [0, 0.1) is 0 Å². The molecule has 1 aliphatic heterocycles. The second-order valence-corrected chi connectivity index (χ2v) is 6.89. The highest BCUT2D eigenvalue weighted by molar-refractivity contribution is 6.46. The van der Waals surface area contributed by atoms with Gasteiger partial charge in [-0.2, -0.15) is 0 Å². The maximum absolute atomic E-state index is 12.8. The van der Waals surface area contributed by atoms with Crippen molar-refractivity contribution in [2.45, 2.75) is 26.3 Å². The number of rotatable bonds is 6. The van der Waals surface area contributed by atoms with Crippen LogP contribution in [0.2, 0.25) is 5.02 Å². The normalized spacial score (nSPS) is 18.5. The monoisotopic (exact) mass is 399 g/mol. The van der Waals surface area contributed by atoms with Crippen LogP contribution in [0.3, 0.4) is 0 Å². The maximum atomic E-state index is 12.8. The smallest absolute Gasteiger partial charge is 0.295 e. The third-order valence-corrected chi connectivity index (χ3v) is 4.94. The number of carbonyl (C=O) groups is 2. The molecule has 1 unspecified atom stereocenters. The largest absolute Gasteiger partial charge is 0.507 e. The molecule has 3 rings (SSSR count). The highest BCUT2D eigenvalue weighted by Crippen LogP contribution is 2.40. The first-order chi connectivity index (χ1) is 13.5. The zero-order valence-corrected chi connectivity index (χ0v) is 16.6. The van der Waals surface area contributed by atoms with Gasteiger partial charge in [-0.15, -0.1) is 0 Å². The van der Waals surface area contributed by atoms with Crippen molar-refractivity contribution in [3.05, 3.63) is 70.3 Å². The molecule has 0 radical (unpaired) electrons. The molecule has 1 atom stereocenters. The molecule has 6 heteroatoms. The number of hydrogen-bond acceptors (Lipinski definition) is 4. The molecule has 1 N–H and O–H groups in total. The predicted octanol–water partition coefficient (Wildman–Crippen LogP) is 4.57. The van der Waals surface area contributed by atoms with E-state index in [0.29, 0.717) is 35.9 Å². The zero-order chi connectivity index (χ0) is 20.3. The van der Waals surface area contributed by atoms with Crippen LogP contribution in [0.25, 0.3) is 5.76 Å². The van der Waals surface area contributed by atoms with Crippen molar-refractivity contribution in [3.8, 4) is 5.75 Å². The minimum absolute atomic E-state index is 0.0782. The van der Waals surface area contributed by atoms with Crippen LogP contribution in [0.5, 0.6) is 5.75 Å². The Labute approximate surface area is 169 Å². The summed E-state index contributed by atoms with van der Waals surface area (Å²) in [6, 6.07) is 13.4. The fourth-order valence-corrected chi connectivity index (χ4v) is 3.58. The summed E-state index contributed by atoms with van der Waals surface area (Å²) in [6.45, 7) is 4.60. The van der Waals surface area contributed by atoms with Gasteiger partial charge in [0, 0.05) is 12.1 Å². The fraction of sp³-hybridized carbons (Fsp3) is 0.273. The minimum atomic E-state index is -0.687. The van der Waals surface area contributed by atoms with Crippen molar-refractivity contribution >= 4 is 29.1 Å². The first-order valence-corrected chi connectivity index (χ1v) is 9.63.